The van der Waals surface area contributed by atoms with Crippen LogP contribution in [0.2, 0.25) is 30.7 Å². The van der Waals surface area contributed by atoms with E-state index in [4.69, 9.17) is 16.3 Å². The van der Waals surface area contributed by atoms with E-state index in [9.17, 15) is 9.18 Å². The van der Waals surface area contributed by atoms with Gasteiger partial charge in [-0.3, -0.25) is 9.78 Å². The van der Waals surface area contributed by atoms with E-state index in [1.54, 1.807) is 41.3 Å². The Morgan fingerprint density at radius 3 is 2.48 bits per heavy atom. The number of nitrogens with one attached hydrogen (secondary N) is 1. The molecule has 0 unspecified atom stereocenters. The minimum absolute atomic E-state index is 0.0416. The van der Waals surface area contributed by atoms with Crippen LogP contribution in [0.3, 0.4) is 0 Å². The number of carbonyl (C=O) groups excluding carboxylic acids is 1. The van der Waals surface area contributed by atoms with Crippen LogP contribution in [0.15, 0.2) is 48.8 Å². The predicted molar refractivity (Wildman–Crippen MR) is 133 cm³/mol. The Labute approximate surface area is 200 Å². The number of alkyl halides is 1. The minimum atomic E-state index is -1.72. The highest BCUT2D eigenvalue weighted by Crippen LogP contribution is 2.28. The lowest BCUT2D eigenvalue weighted by Crippen LogP contribution is -2.28. The van der Waals surface area contributed by atoms with E-state index in [1.165, 1.54) is 0 Å². The van der Waals surface area contributed by atoms with E-state index in [1.807, 2.05) is 19.1 Å². The van der Waals surface area contributed by atoms with E-state index in [0.29, 0.717) is 28.7 Å². The highest BCUT2D eigenvalue weighted by molar-refractivity contribution is 6.76. The Morgan fingerprint density at radius 2 is 1.85 bits per heavy atom. The summed E-state index contributed by atoms with van der Waals surface area (Å²) >= 11 is 5.89. The molecule has 6 nitrogen and oxygen atoms in total. The summed E-state index contributed by atoms with van der Waals surface area (Å²) in [7, 11) is -1.24. The summed E-state index contributed by atoms with van der Waals surface area (Å²) in [5.41, 5.74) is 2.98. The van der Waals surface area contributed by atoms with Gasteiger partial charge in [0.15, 0.2) is 6.17 Å². The van der Waals surface area contributed by atoms with Crippen molar-refractivity contribution in [3.8, 4) is 11.3 Å². The molecule has 33 heavy (non-hydrogen) atoms. The van der Waals surface area contributed by atoms with Crippen molar-refractivity contribution in [1.29, 1.82) is 0 Å². The molecule has 1 amide bonds. The van der Waals surface area contributed by atoms with Gasteiger partial charge < -0.3 is 10.1 Å². The third-order valence-electron chi connectivity index (χ3n) is 5.21. The molecule has 0 radical (unpaired) electrons. The van der Waals surface area contributed by atoms with Gasteiger partial charge in [0.2, 0.25) is 0 Å². The molecule has 9 heteroatoms. The largest absolute Gasteiger partial charge is 0.359 e. The van der Waals surface area contributed by atoms with Gasteiger partial charge in [0.05, 0.1) is 5.69 Å². The molecule has 3 aromatic rings. The maximum atomic E-state index is 14.8. The predicted octanol–water partition coefficient (Wildman–Crippen LogP) is 5.74. The zero-order valence-electron chi connectivity index (χ0n) is 19.4. The van der Waals surface area contributed by atoms with Gasteiger partial charge in [0, 0.05) is 49.6 Å². The first-order chi connectivity index (χ1) is 15.6. The van der Waals surface area contributed by atoms with Crippen molar-refractivity contribution in [3.05, 3.63) is 64.9 Å². The second kappa shape index (κ2) is 11.0. The highest BCUT2D eigenvalue weighted by atomic mass is 35.5. The highest BCUT2D eigenvalue weighted by Gasteiger charge is 2.23. The first-order valence-corrected chi connectivity index (χ1v) is 15.0. The van der Waals surface area contributed by atoms with Gasteiger partial charge in [0.1, 0.15) is 12.5 Å². The molecule has 2 heterocycles. The van der Waals surface area contributed by atoms with Crippen molar-refractivity contribution in [2.24, 2.45) is 0 Å². The first kappa shape index (κ1) is 25.1. The SMILES string of the molecule is Cc1c(-c2ccncc2)nn(COCC[Si](C)(C)C)c1NC(=O)[C@H](F)Cc1ccc(Cl)cc1. The monoisotopic (exact) mass is 488 g/mol. The quantitative estimate of drug-likeness (QED) is 0.292. The topological polar surface area (TPSA) is 69.0 Å². The summed E-state index contributed by atoms with van der Waals surface area (Å²) in [6.45, 7) is 9.47. The van der Waals surface area contributed by atoms with Gasteiger partial charge in [0.25, 0.3) is 5.91 Å². The van der Waals surface area contributed by atoms with Crippen LogP contribution in [0.5, 0.6) is 0 Å². The van der Waals surface area contributed by atoms with Crippen LogP contribution in [0, 0.1) is 6.92 Å². The molecule has 176 valence electrons. The number of halogens is 2. The lowest BCUT2D eigenvalue weighted by Gasteiger charge is -2.16. The molecule has 0 bridgehead atoms. The number of aromatic nitrogens is 3. The molecule has 0 aliphatic heterocycles. The molecule has 0 spiro atoms. The number of hydrogen-bond acceptors (Lipinski definition) is 4. The van der Waals surface area contributed by atoms with E-state index in [-0.39, 0.29) is 13.2 Å². The summed E-state index contributed by atoms with van der Waals surface area (Å²) in [5, 5.41) is 7.94. The Hall–Kier alpha value is -2.55. The third kappa shape index (κ3) is 7.22. The number of hydrogen-bond donors (Lipinski definition) is 1. The second-order valence-corrected chi connectivity index (χ2v) is 15.3. The Morgan fingerprint density at radius 1 is 1.18 bits per heavy atom. The van der Waals surface area contributed by atoms with Crippen molar-refractivity contribution in [1.82, 2.24) is 14.8 Å². The number of nitrogens with zero attached hydrogens (tertiary/aromatic N) is 3. The van der Waals surface area contributed by atoms with Gasteiger partial charge in [-0.2, -0.15) is 5.10 Å². The van der Waals surface area contributed by atoms with Gasteiger partial charge in [-0.15, -0.1) is 0 Å². The molecule has 1 N–H and O–H groups in total. The zero-order chi connectivity index (χ0) is 24.0. The van der Waals surface area contributed by atoms with Gasteiger partial charge >= 0.3 is 0 Å². The van der Waals surface area contributed by atoms with Crippen molar-refractivity contribution in [2.75, 3.05) is 11.9 Å². The number of ether oxygens (including phenoxy) is 1. The van der Waals surface area contributed by atoms with Gasteiger partial charge in [-0.1, -0.05) is 43.4 Å². The fourth-order valence-corrected chi connectivity index (χ4v) is 4.11. The van der Waals surface area contributed by atoms with Gasteiger partial charge in [-0.05, 0) is 42.8 Å². The lowest BCUT2D eigenvalue weighted by atomic mass is 10.1. The average molecular weight is 489 g/mol. The van der Waals surface area contributed by atoms with Crippen molar-refractivity contribution < 1.29 is 13.9 Å². The third-order valence-corrected chi connectivity index (χ3v) is 7.16. The fourth-order valence-electron chi connectivity index (χ4n) is 3.23. The van der Waals surface area contributed by atoms with E-state index in [0.717, 1.165) is 17.2 Å². The van der Waals surface area contributed by atoms with Crippen molar-refractivity contribution in [2.45, 2.75) is 51.9 Å². The van der Waals surface area contributed by atoms with Crippen LogP contribution in [-0.2, 0) is 22.7 Å². The van der Waals surface area contributed by atoms with Crippen molar-refractivity contribution in [3.63, 3.8) is 0 Å². The molecular formula is C24H30ClFN4O2Si. The number of anilines is 1. The van der Waals surface area contributed by atoms with E-state index in [2.05, 4.69) is 35.0 Å². The lowest BCUT2D eigenvalue weighted by molar-refractivity contribution is -0.120. The first-order valence-electron chi connectivity index (χ1n) is 10.9. The van der Waals surface area contributed by atoms with E-state index < -0.39 is 20.2 Å². The van der Waals surface area contributed by atoms with Crippen molar-refractivity contribution >= 4 is 31.4 Å². The van der Waals surface area contributed by atoms with Crippen LogP contribution in [0.4, 0.5) is 10.2 Å². The minimum Gasteiger partial charge on any atom is -0.359 e. The fraction of sp³-hybridized carbons (Fsp3) is 0.375. The molecule has 0 fully saturated rings. The number of benzene rings is 1. The van der Waals surface area contributed by atoms with Crippen LogP contribution in [-0.4, -0.2) is 41.5 Å². The maximum Gasteiger partial charge on any atom is 0.260 e. The van der Waals surface area contributed by atoms with Crippen LogP contribution < -0.4 is 5.32 Å². The van der Waals surface area contributed by atoms with Crippen LogP contribution in [0.25, 0.3) is 11.3 Å². The molecule has 1 aromatic carbocycles. The molecule has 2 aromatic heterocycles. The standard InChI is InChI=1S/C24H30ClFN4O2Si/c1-17-22(19-9-11-27-12-10-19)29-30(16-32-13-14-33(2,3)4)23(17)28-24(31)21(26)15-18-5-7-20(25)8-6-18/h5-12,21H,13-16H2,1-4H3,(H,28,31)/t21-/m1/s1. The number of pyridine rings is 1. The van der Waals surface area contributed by atoms with Crippen LogP contribution in [0.1, 0.15) is 11.1 Å². The Balaban J connectivity index is 1.78. The molecule has 0 saturated heterocycles. The number of rotatable bonds is 10. The summed E-state index contributed by atoms with van der Waals surface area (Å²) < 4.78 is 22.2. The molecule has 1 atom stereocenters. The van der Waals surface area contributed by atoms with E-state index >= 15 is 0 Å². The summed E-state index contributed by atoms with van der Waals surface area (Å²) in [6, 6.07) is 11.5. The second-order valence-electron chi connectivity index (χ2n) is 9.19. The normalized spacial score (nSPS) is 12.5. The zero-order valence-corrected chi connectivity index (χ0v) is 21.2. The summed E-state index contributed by atoms with van der Waals surface area (Å²) in [6.07, 6.45) is 1.60. The number of amides is 1. The smallest absolute Gasteiger partial charge is 0.260 e. The molecule has 0 aliphatic carbocycles. The maximum absolute atomic E-state index is 14.8. The van der Waals surface area contributed by atoms with Gasteiger partial charge in [-0.25, -0.2) is 9.07 Å². The molecular weight excluding hydrogens is 459 g/mol. The average Bonchev–Trinajstić information content (AvgIpc) is 3.08. The molecule has 0 aliphatic rings. The summed E-state index contributed by atoms with van der Waals surface area (Å²) in [4.78, 5) is 16.7. The number of carbonyl (C=O) groups is 1. The van der Waals surface area contributed by atoms with Crippen LogP contribution >= 0.6 is 11.6 Å². The molecule has 0 saturated carbocycles. The molecule has 3 rings (SSSR count). The summed E-state index contributed by atoms with van der Waals surface area (Å²) in [5.74, 6) is -0.295. The Bertz CT molecular complexity index is 1070. The Kier molecular flexibility index (Phi) is 8.39.